The average Bonchev–Trinajstić information content (AvgIpc) is 2.84. The molecule has 0 aliphatic carbocycles. The second-order valence-electron chi connectivity index (χ2n) is 9.02. The van der Waals surface area contributed by atoms with Crippen molar-refractivity contribution in [2.75, 3.05) is 22.9 Å². The molecule has 0 bridgehead atoms. The van der Waals surface area contributed by atoms with E-state index in [1.807, 2.05) is 6.07 Å². The molecule has 4 nitrogen and oxygen atoms in total. The third kappa shape index (κ3) is 4.57. The van der Waals surface area contributed by atoms with E-state index < -0.39 is 5.82 Å². The van der Waals surface area contributed by atoms with E-state index in [9.17, 15) is 9.18 Å². The highest BCUT2D eigenvalue weighted by Crippen LogP contribution is 2.46. The Morgan fingerprint density at radius 1 is 0.971 bits per heavy atom. The molecule has 0 spiro atoms. The summed E-state index contributed by atoms with van der Waals surface area (Å²) in [5, 5.41) is 3.99. The van der Waals surface area contributed by atoms with Gasteiger partial charge in [-0.1, -0.05) is 54.2 Å². The van der Waals surface area contributed by atoms with Gasteiger partial charge in [-0.15, -0.1) is 0 Å². The van der Waals surface area contributed by atoms with Gasteiger partial charge in [0.25, 0.3) is 0 Å². The van der Waals surface area contributed by atoms with Crippen LogP contribution in [-0.2, 0) is 6.54 Å². The van der Waals surface area contributed by atoms with Crippen LogP contribution in [0.1, 0.15) is 31.7 Å². The highest BCUT2D eigenvalue weighted by atomic mass is 35.5. The highest BCUT2D eigenvalue weighted by molar-refractivity contribution is 6.40. The number of urea groups is 1. The number of piperidine rings is 1. The minimum atomic E-state index is -0.400. The molecule has 1 saturated heterocycles. The Morgan fingerprint density at radius 3 is 2.34 bits per heavy atom. The third-order valence-corrected chi connectivity index (χ3v) is 7.93. The summed E-state index contributed by atoms with van der Waals surface area (Å²) in [7, 11) is 0. The predicted molar refractivity (Wildman–Crippen MR) is 143 cm³/mol. The molecular formula is C27H25Cl3FN3O. The van der Waals surface area contributed by atoms with Crippen LogP contribution in [0.2, 0.25) is 15.1 Å². The molecule has 35 heavy (non-hydrogen) atoms. The van der Waals surface area contributed by atoms with E-state index in [-0.39, 0.29) is 6.03 Å². The van der Waals surface area contributed by atoms with Gasteiger partial charge in [-0.05, 0) is 66.8 Å². The monoisotopic (exact) mass is 531 g/mol. The van der Waals surface area contributed by atoms with Crippen LogP contribution in [0, 0.1) is 11.7 Å². The number of anilines is 3. The molecule has 0 unspecified atom stereocenters. The Hall–Kier alpha value is -2.47. The van der Waals surface area contributed by atoms with Crippen LogP contribution in [0.15, 0.2) is 48.5 Å². The quantitative estimate of drug-likeness (QED) is 0.366. The summed E-state index contributed by atoms with van der Waals surface area (Å²) in [5.74, 6) is 0.322. The number of hydrogen-bond acceptors (Lipinski definition) is 2. The maximum Gasteiger partial charge on any atom is 0.326 e. The summed E-state index contributed by atoms with van der Waals surface area (Å²) in [6.07, 6.45) is 3.40. The molecule has 0 radical (unpaired) electrons. The molecule has 3 aromatic rings. The fourth-order valence-electron chi connectivity index (χ4n) is 5.03. The number of halogens is 4. The van der Waals surface area contributed by atoms with Crippen molar-refractivity contribution in [1.29, 1.82) is 0 Å². The summed E-state index contributed by atoms with van der Waals surface area (Å²) < 4.78 is 13.9. The largest absolute Gasteiger partial charge is 0.371 e. The van der Waals surface area contributed by atoms with Gasteiger partial charge in [0.2, 0.25) is 0 Å². The fourth-order valence-corrected chi connectivity index (χ4v) is 5.87. The van der Waals surface area contributed by atoms with Crippen LogP contribution < -0.4 is 15.1 Å². The van der Waals surface area contributed by atoms with E-state index in [2.05, 4.69) is 23.2 Å². The molecule has 0 aromatic heterocycles. The van der Waals surface area contributed by atoms with Crippen molar-refractivity contribution in [3.63, 3.8) is 0 Å². The van der Waals surface area contributed by atoms with Crippen molar-refractivity contribution in [2.24, 2.45) is 5.92 Å². The lowest BCUT2D eigenvalue weighted by atomic mass is 9.92. The van der Waals surface area contributed by atoms with Crippen LogP contribution in [0.3, 0.4) is 0 Å². The topological polar surface area (TPSA) is 35.6 Å². The lowest BCUT2D eigenvalue weighted by Gasteiger charge is -2.37. The molecule has 2 aliphatic rings. The fraction of sp³-hybridized carbons (Fsp3) is 0.296. The number of benzene rings is 3. The average molecular weight is 533 g/mol. The van der Waals surface area contributed by atoms with E-state index in [1.165, 1.54) is 23.5 Å². The number of para-hydroxylation sites is 1. The number of carbonyl (C=O) groups is 1. The van der Waals surface area contributed by atoms with Gasteiger partial charge >= 0.3 is 6.03 Å². The number of nitrogens with one attached hydrogen (secondary N) is 1. The maximum atomic E-state index is 13.9. The molecule has 1 N–H and O–H groups in total. The Labute approximate surface area is 219 Å². The molecular weight excluding hydrogens is 508 g/mol. The zero-order valence-corrected chi connectivity index (χ0v) is 21.5. The molecule has 8 heteroatoms. The van der Waals surface area contributed by atoms with Gasteiger partial charge in [0.15, 0.2) is 0 Å². The van der Waals surface area contributed by atoms with Gasteiger partial charge in [0.1, 0.15) is 5.82 Å². The third-order valence-electron chi connectivity index (χ3n) is 7.01. The number of carbonyl (C=O) groups excluding carboxylic acids is 1. The van der Waals surface area contributed by atoms with Gasteiger partial charge in [-0.3, -0.25) is 4.90 Å². The molecule has 0 atom stereocenters. The molecule has 2 heterocycles. The Kier molecular flexibility index (Phi) is 6.84. The first-order valence-corrected chi connectivity index (χ1v) is 12.9. The molecule has 0 saturated carbocycles. The summed E-state index contributed by atoms with van der Waals surface area (Å²) in [4.78, 5) is 17.1. The van der Waals surface area contributed by atoms with Crippen LogP contribution in [-0.4, -0.2) is 19.1 Å². The van der Waals surface area contributed by atoms with Gasteiger partial charge in [-0.2, -0.15) is 0 Å². The second-order valence-corrected chi connectivity index (χ2v) is 10.2. The summed E-state index contributed by atoms with van der Waals surface area (Å²) in [5.41, 5.74) is 4.50. The van der Waals surface area contributed by atoms with Crippen LogP contribution in [0.25, 0.3) is 11.1 Å². The molecule has 182 valence electrons. The van der Waals surface area contributed by atoms with E-state index in [1.54, 1.807) is 24.3 Å². The number of fused-ring (bicyclic) bond motifs is 1. The lowest BCUT2D eigenvalue weighted by molar-refractivity contribution is 0.247. The molecule has 5 rings (SSSR count). The normalized spacial score (nSPS) is 16.3. The van der Waals surface area contributed by atoms with Crippen molar-refractivity contribution in [1.82, 2.24) is 5.32 Å². The zero-order chi connectivity index (χ0) is 24.7. The summed E-state index contributed by atoms with van der Waals surface area (Å²) >= 11 is 19.6. The predicted octanol–water partition coefficient (Wildman–Crippen LogP) is 8.44. The van der Waals surface area contributed by atoms with E-state index in [0.29, 0.717) is 38.6 Å². The molecule has 2 aliphatic heterocycles. The second kappa shape index (κ2) is 9.88. The molecule has 1 fully saturated rings. The summed E-state index contributed by atoms with van der Waals surface area (Å²) in [6.45, 7) is 4.38. The van der Waals surface area contributed by atoms with Gasteiger partial charge in [0.05, 0.1) is 26.4 Å². The van der Waals surface area contributed by atoms with Crippen molar-refractivity contribution in [2.45, 2.75) is 32.7 Å². The SMILES string of the molecule is CCC1CCN(c2cc(-c3ccc(F)cc3Cl)c3c(c2)N(c2c(Cl)cccc2Cl)C(=O)NC3)CC1. The van der Waals surface area contributed by atoms with E-state index >= 15 is 0 Å². The standard InChI is InChI=1S/C27H25Cl3FN3O/c1-2-16-8-10-33(11-9-16)18-13-20(19-7-6-17(31)12-24(19)30)21-15-32-27(35)34(25(21)14-18)26-22(28)4-3-5-23(26)29/h3-7,12-14,16H,2,8-11,15H2,1H3,(H,32,35). The minimum absolute atomic E-state index is 0.300. The number of amides is 2. The zero-order valence-electron chi connectivity index (χ0n) is 19.3. The van der Waals surface area contributed by atoms with Crippen molar-refractivity contribution in [3.8, 4) is 11.1 Å². The Morgan fingerprint density at radius 2 is 1.69 bits per heavy atom. The molecule has 2 amide bonds. The smallest absolute Gasteiger partial charge is 0.326 e. The first kappa shape index (κ1) is 24.2. The van der Waals surface area contributed by atoms with E-state index in [4.69, 9.17) is 34.8 Å². The van der Waals surface area contributed by atoms with Gasteiger partial charge in [0, 0.05) is 36.4 Å². The Bertz CT molecular complexity index is 1270. The maximum absolute atomic E-state index is 13.9. The minimum Gasteiger partial charge on any atom is -0.371 e. The van der Waals surface area contributed by atoms with Gasteiger partial charge in [-0.25, -0.2) is 9.18 Å². The van der Waals surface area contributed by atoms with Crippen molar-refractivity contribution < 1.29 is 9.18 Å². The van der Waals surface area contributed by atoms with Crippen molar-refractivity contribution in [3.05, 3.63) is 75.0 Å². The first-order valence-electron chi connectivity index (χ1n) is 11.8. The molecule has 3 aromatic carbocycles. The van der Waals surface area contributed by atoms with Crippen LogP contribution in [0.4, 0.5) is 26.2 Å². The summed E-state index contributed by atoms with van der Waals surface area (Å²) in [6, 6.07) is 13.4. The number of hydrogen-bond donors (Lipinski definition) is 1. The van der Waals surface area contributed by atoms with Gasteiger partial charge < -0.3 is 10.2 Å². The highest BCUT2D eigenvalue weighted by Gasteiger charge is 2.32. The lowest BCUT2D eigenvalue weighted by Crippen LogP contribution is -2.42. The Balaban J connectivity index is 1.72. The first-order chi connectivity index (χ1) is 16.9. The number of nitrogens with zero attached hydrogens (tertiary/aromatic N) is 2. The van der Waals surface area contributed by atoms with Crippen LogP contribution >= 0.6 is 34.8 Å². The van der Waals surface area contributed by atoms with Crippen molar-refractivity contribution >= 4 is 57.9 Å². The van der Waals surface area contributed by atoms with E-state index in [0.717, 1.165) is 48.7 Å². The number of rotatable bonds is 4. The van der Waals surface area contributed by atoms with Crippen LogP contribution in [0.5, 0.6) is 0 Å².